The van der Waals surface area contributed by atoms with Crippen molar-refractivity contribution in [3.63, 3.8) is 0 Å². The molecule has 0 amide bonds. The molecule has 2 heterocycles. The van der Waals surface area contributed by atoms with Gasteiger partial charge in [-0.2, -0.15) is 4.31 Å². The van der Waals surface area contributed by atoms with Gasteiger partial charge >= 0.3 is 5.97 Å². The van der Waals surface area contributed by atoms with E-state index in [1.807, 2.05) is 6.92 Å². The number of benzene rings is 1. The minimum Gasteiger partial charge on any atom is -0.456 e. The first-order valence-corrected chi connectivity index (χ1v) is 12.0. The molecule has 1 saturated heterocycles. The lowest BCUT2D eigenvalue weighted by Crippen LogP contribution is -2.48. The quantitative estimate of drug-likeness (QED) is 0.502. The number of rotatable bonds is 7. The van der Waals surface area contributed by atoms with Crippen LogP contribution in [0.4, 0.5) is 0 Å². The molecular formula is C23H28N2O6S. The number of nitrogens with one attached hydrogen (secondary N) is 1. The standard InChI is InChI=1S/C23H28N2O6S/c1-14-8-10-18(11-9-14)32(29,30)25-12-6-5-7-19(25)23(28)31-13-20(27)22-15(2)21(17(4)26)16(3)24-22/h8-11,19,24H,5-7,12-13H2,1-4H3. The number of sulfonamides is 1. The summed E-state index contributed by atoms with van der Waals surface area (Å²) < 4.78 is 32.7. The molecule has 9 heteroatoms. The summed E-state index contributed by atoms with van der Waals surface area (Å²) in [5.74, 6) is -1.39. The average Bonchev–Trinajstić information content (AvgIpc) is 3.06. The number of H-pyrrole nitrogens is 1. The van der Waals surface area contributed by atoms with Crippen molar-refractivity contribution in [2.45, 2.75) is 57.9 Å². The smallest absolute Gasteiger partial charge is 0.324 e. The van der Waals surface area contributed by atoms with E-state index in [9.17, 15) is 22.8 Å². The van der Waals surface area contributed by atoms with E-state index in [4.69, 9.17) is 4.74 Å². The highest BCUT2D eigenvalue weighted by Gasteiger charge is 2.38. The van der Waals surface area contributed by atoms with Crippen molar-refractivity contribution in [3.05, 3.63) is 52.3 Å². The molecule has 1 atom stereocenters. The van der Waals surface area contributed by atoms with Gasteiger partial charge in [-0.05, 0) is 64.7 Å². The lowest BCUT2D eigenvalue weighted by Gasteiger charge is -2.33. The molecule has 8 nitrogen and oxygen atoms in total. The van der Waals surface area contributed by atoms with Gasteiger partial charge in [-0.15, -0.1) is 0 Å². The first kappa shape index (κ1) is 23.9. The number of ether oxygens (including phenoxy) is 1. The summed E-state index contributed by atoms with van der Waals surface area (Å²) in [5.41, 5.74) is 2.68. The number of hydrogen-bond acceptors (Lipinski definition) is 6. The molecule has 1 fully saturated rings. The molecule has 0 spiro atoms. The Morgan fingerprint density at radius 2 is 1.75 bits per heavy atom. The van der Waals surface area contributed by atoms with Gasteiger partial charge in [0.05, 0.1) is 10.6 Å². The predicted octanol–water partition coefficient (Wildman–Crippen LogP) is 3.11. The van der Waals surface area contributed by atoms with Crippen molar-refractivity contribution in [1.82, 2.24) is 9.29 Å². The number of piperidine rings is 1. The zero-order valence-corrected chi connectivity index (χ0v) is 19.5. The predicted molar refractivity (Wildman–Crippen MR) is 118 cm³/mol. The van der Waals surface area contributed by atoms with Crippen LogP contribution in [-0.2, 0) is 19.6 Å². The molecule has 0 radical (unpaired) electrons. The summed E-state index contributed by atoms with van der Waals surface area (Å²) >= 11 is 0. The Hall–Kier alpha value is -2.78. The van der Waals surface area contributed by atoms with E-state index >= 15 is 0 Å². The van der Waals surface area contributed by atoms with E-state index in [2.05, 4.69) is 4.98 Å². The number of esters is 1. The third kappa shape index (κ3) is 4.68. The Morgan fingerprint density at radius 1 is 1.09 bits per heavy atom. The van der Waals surface area contributed by atoms with Gasteiger partial charge < -0.3 is 9.72 Å². The van der Waals surface area contributed by atoms with Crippen LogP contribution >= 0.6 is 0 Å². The van der Waals surface area contributed by atoms with Crippen LogP contribution in [0.25, 0.3) is 0 Å². The van der Waals surface area contributed by atoms with E-state index in [-0.39, 0.29) is 22.9 Å². The van der Waals surface area contributed by atoms with Crippen LogP contribution in [0.15, 0.2) is 29.2 Å². The molecule has 1 unspecified atom stereocenters. The topological polar surface area (TPSA) is 114 Å². The summed E-state index contributed by atoms with van der Waals surface area (Å²) in [7, 11) is -3.88. The van der Waals surface area contributed by atoms with Crippen LogP contribution in [0, 0.1) is 20.8 Å². The highest BCUT2D eigenvalue weighted by atomic mass is 32.2. The Morgan fingerprint density at radius 3 is 2.34 bits per heavy atom. The van der Waals surface area contributed by atoms with Crippen molar-refractivity contribution in [2.75, 3.05) is 13.2 Å². The largest absolute Gasteiger partial charge is 0.456 e. The van der Waals surface area contributed by atoms with Crippen LogP contribution in [0.3, 0.4) is 0 Å². The maximum atomic E-state index is 13.1. The van der Waals surface area contributed by atoms with E-state index < -0.39 is 34.4 Å². The second-order valence-corrected chi connectivity index (χ2v) is 10.0. The number of aryl methyl sites for hydroxylation is 2. The molecule has 0 aliphatic carbocycles. The second-order valence-electron chi connectivity index (χ2n) is 8.15. The maximum absolute atomic E-state index is 13.1. The van der Waals surface area contributed by atoms with Gasteiger partial charge in [0.1, 0.15) is 6.04 Å². The highest BCUT2D eigenvalue weighted by molar-refractivity contribution is 7.89. The van der Waals surface area contributed by atoms with Crippen molar-refractivity contribution >= 4 is 27.6 Å². The number of ketones is 2. The molecule has 1 aromatic carbocycles. The lowest BCUT2D eigenvalue weighted by molar-refractivity contribution is -0.148. The molecule has 172 valence electrons. The summed E-state index contributed by atoms with van der Waals surface area (Å²) in [6.45, 7) is 6.31. The minimum absolute atomic E-state index is 0.119. The van der Waals surface area contributed by atoms with Crippen molar-refractivity contribution < 1.29 is 27.5 Å². The molecule has 32 heavy (non-hydrogen) atoms. The van der Waals surface area contributed by atoms with Crippen LogP contribution in [-0.4, -0.2) is 54.4 Å². The Balaban J connectivity index is 1.75. The van der Waals surface area contributed by atoms with E-state index in [0.717, 1.165) is 5.56 Å². The Labute approximate surface area is 188 Å². The third-order valence-corrected chi connectivity index (χ3v) is 7.69. The normalized spacial score (nSPS) is 17.2. The molecule has 1 N–H and O–H groups in total. The van der Waals surface area contributed by atoms with Crippen molar-refractivity contribution in [3.8, 4) is 0 Å². The number of carbonyl (C=O) groups is 3. The molecule has 1 aliphatic rings. The Bertz CT molecular complexity index is 1150. The van der Waals surface area contributed by atoms with E-state index in [1.54, 1.807) is 26.0 Å². The van der Waals surface area contributed by atoms with Gasteiger partial charge in [0.25, 0.3) is 0 Å². The molecule has 1 aromatic heterocycles. The monoisotopic (exact) mass is 460 g/mol. The number of aromatic nitrogens is 1. The number of Topliss-reactive ketones (excluding diaryl/α,β-unsaturated/α-hetero) is 2. The first-order valence-electron chi connectivity index (χ1n) is 10.5. The summed E-state index contributed by atoms with van der Waals surface area (Å²) in [6, 6.07) is 5.47. The highest BCUT2D eigenvalue weighted by Crippen LogP contribution is 2.26. The average molecular weight is 461 g/mol. The Kier molecular flexibility index (Phi) is 7.00. The fourth-order valence-electron chi connectivity index (χ4n) is 4.14. The second kappa shape index (κ2) is 9.38. The summed E-state index contributed by atoms with van der Waals surface area (Å²) in [4.78, 5) is 40.2. The van der Waals surface area contributed by atoms with Crippen molar-refractivity contribution in [1.29, 1.82) is 0 Å². The van der Waals surface area contributed by atoms with Gasteiger partial charge in [0, 0.05) is 17.8 Å². The molecule has 3 rings (SSSR count). The van der Waals surface area contributed by atoms with Crippen LogP contribution in [0.1, 0.15) is 63.9 Å². The van der Waals surface area contributed by atoms with Gasteiger partial charge in [0.15, 0.2) is 12.4 Å². The van der Waals surface area contributed by atoms with Crippen LogP contribution in [0.2, 0.25) is 0 Å². The summed E-state index contributed by atoms with van der Waals surface area (Å²) in [5, 5.41) is 0. The fourth-order valence-corrected chi connectivity index (χ4v) is 5.78. The van der Waals surface area contributed by atoms with Gasteiger partial charge in [-0.3, -0.25) is 14.4 Å². The fraction of sp³-hybridized carbons (Fsp3) is 0.435. The molecule has 1 aliphatic heterocycles. The zero-order valence-electron chi connectivity index (χ0n) is 18.7. The van der Waals surface area contributed by atoms with Crippen LogP contribution < -0.4 is 0 Å². The number of aromatic amines is 1. The summed E-state index contributed by atoms with van der Waals surface area (Å²) in [6.07, 6.45) is 1.65. The van der Waals surface area contributed by atoms with Gasteiger partial charge in [-0.25, -0.2) is 8.42 Å². The molecule has 0 saturated carbocycles. The van der Waals surface area contributed by atoms with E-state index in [0.29, 0.717) is 36.1 Å². The minimum atomic E-state index is -3.88. The lowest BCUT2D eigenvalue weighted by atomic mass is 10.0. The van der Waals surface area contributed by atoms with Gasteiger partial charge in [0.2, 0.25) is 15.8 Å². The maximum Gasteiger partial charge on any atom is 0.324 e. The van der Waals surface area contributed by atoms with Crippen LogP contribution in [0.5, 0.6) is 0 Å². The van der Waals surface area contributed by atoms with Crippen molar-refractivity contribution in [2.24, 2.45) is 0 Å². The zero-order chi connectivity index (χ0) is 23.6. The molecule has 0 bridgehead atoms. The number of hydrogen-bond donors (Lipinski definition) is 1. The molecule has 2 aromatic rings. The SMILES string of the molecule is CC(=O)c1c(C)[nH]c(C(=O)COC(=O)C2CCCCN2S(=O)(=O)c2ccc(C)cc2)c1C. The van der Waals surface area contributed by atoms with Gasteiger partial charge in [-0.1, -0.05) is 17.7 Å². The van der Waals surface area contributed by atoms with E-state index in [1.165, 1.54) is 23.4 Å². The number of nitrogens with zero attached hydrogens (tertiary/aromatic N) is 1. The third-order valence-electron chi connectivity index (χ3n) is 5.77. The first-order chi connectivity index (χ1) is 15.0. The number of carbonyl (C=O) groups excluding carboxylic acids is 3. The molecular weight excluding hydrogens is 432 g/mol.